The van der Waals surface area contributed by atoms with E-state index >= 15 is 0 Å². The average Bonchev–Trinajstić information content (AvgIpc) is 2.62. The molecular weight excluding hydrogens is 271 g/mol. The summed E-state index contributed by atoms with van der Waals surface area (Å²) in [5.74, 6) is -0.182. The summed E-state index contributed by atoms with van der Waals surface area (Å²) in [6.07, 6.45) is 2.48. The van der Waals surface area contributed by atoms with E-state index in [1.54, 1.807) is 12.1 Å². The fourth-order valence-electron chi connectivity index (χ4n) is 3.88. The van der Waals surface area contributed by atoms with Crippen molar-refractivity contribution in [1.29, 1.82) is 0 Å². The summed E-state index contributed by atoms with van der Waals surface area (Å²) in [6, 6.07) is 3.27. The Bertz CT molecular complexity index is 751. The van der Waals surface area contributed by atoms with Crippen LogP contribution >= 0.6 is 0 Å². The second kappa shape index (κ2) is 4.48. The summed E-state index contributed by atoms with van der Waals surface area (Å²) in [5.41, 5.74) is 4.63. The molecule has 110 valence electrons. The summed E-state index contributed by atoms with van der Waals surface area (Å²) in [6.45, 7) is 1.97. The van der Waals surface area contributed by atoms with Crippen LogP contribution in [0.1, 0.15) is 23.2 Å². The second-order valence-electron chi connectivity index (χ2n) is 5.91. The molecule has 1 aromatic heterocycles. The highest BCUT2D eigenvalue weighted by Crippen LogP contribution is 2.35. The van der Waals surface area contributed by atoms with Crippen molar-refractivity contribution < 1.29 is 14.3 Å². The van der Waals surface area contributed by atoms with Crippen LogP contribution in [0.4, 0.5) is 9.18 Å². The standard InChI is InChI=1S/C16H17FN2O2/c17-11-8-10-2-1-5-19-14-4-7-18(16(20)21)6-3-12(14)13(9-11)15(10)19/h8-9H,1-7H2,(H,20,21). The Kier molecular flexibility index (Phi) is 2.71. The molecule has 5 heteroatoms. The van der Waals surface area contributed by atoms with Crippen LogP contribution in [0.2, 0.25) is 0 Å². The molecule has 1 N–H and O–H groups in total. The highest BCUT2D eigenvalue weighted by molar-refractivity contribution is 5.89. The van der Waals surface area contributed by atoms with Crippen LogP contribution < -0.4 is 0 Å². The van der Waals surface area contributed by atoms with Crippen molar-refractivity contribution in [2.45, 2.75) is 32.2 Å². The Morgan fingerprint density at radius 1 is 1.14 bits per heavy atom. The van der Waals surface area contributed by atoms with Gasteiger partial charge in [-0.05, 0) is 42.5 Å². The minimum atomic E-state index is -0.866. The SMILES string of the molecule is O=C(O)N1CCc2c(n3c4c(cc(F)cc24)CCC3)CC1. The van der Waals surface area contributed by atoms with Crippen LogP contribution in [-0.4, -0.2) is 33.8 Å². The van der Waals surface area contributed by atoms with Gasteiger partial charge in [-0.25, -0.2) is 9.18 Å². The van der Waals surface area contributed by atoms with E-state index in [1.165, 1.54) is 16.1 Å². The normalized spacial score (nSPS) is 17.7. The second-order valence-corrected chi connectivity index (χ2v) is 5.91. The quantitative estimate of drug-likeness (QED) is 0.810. The minimum absolute atomic E-state index is 0.182. The van der Waals surface area contributed by atoms with Crippen molar-refractivity contribution in [3.05, 3.63) is 34.8 Å². The van der Waals surface area contributed by atoms with E-state index in [0.29, 0.717) is 19.5 Å². The summed E-state index contributed by atoms with van der Waals surface area (Å²) in [7, 11) is 0. The van der Waals surface area contributed by atoms with E-state index in [4.69, 9.17) is 0 Å². The van der Waals surface area contributed by atoms with E-state index < -0.39 is 6.09 Å². The van der Waals surface area contributed by atoms with Gasteiger partial charge in [0.15, 0.2) is 0 Å². The maximum atomic E-state index is 13.9. The van der Waals surface area contributed by atoms with E-state index in [1.807, 2.05) is 0 Å². The number of halogens is 1. The van der Waals surface area contributed by atoms with E-state index in [0.717, 1.165) is 42.3 Å². The summed E-state index contributed by atoms with van der Waals surface area (Å²) in [5, 5.41) is 10.2. The Balaban J connectivity index is 1.91. The molecule has 2 aliphatic heterocycles. The molecule has 1 amide bonds. The highest BCUT2D eigenvalue weighted by Gasteiger charge is 2.26. The minimum Gasteiger partial charge on any atom is -0.465 e. The molecule has 2 aliphatic rings. The van der Waals surface area contributed by atoms with E-state index in [2.05, 4.69) is 4.57 Å². The largest absolute Gasteiger partial charge is 0.465 e. The zero-order chi connectivity index (χ0) is 14.6. The number of carboxylic acid groups (broad SMARTS) is 1. The fourth-order valence-corrected chi connectivity index (χ4v) is 3.88. The first-order valence-electron chi connectivity index (χ1n) is 7.45. The molecule has 21 heavy (non-hydrogen) atoms. The number of rotatable bonds is 0. The van der Waals surface area contributed by atoms with Gasteiger partial charge in [-0.1, -0.05) is 0 Å². The van der Waals surface area contributed by atoms with Gasteiger partial charge < -0.3 is 14.6 Å². The molecule has 0 radical (unpaired) electrons. The van der Waals surface area contributed by atoms with Gasteiger partial charge in [0.2, 0.25) is 0 Å². The van der Waals surface area contributed by atoms with Gasteiger partial charge in [0.1, 0.15) is 5.82 Å². The van der Waals surface area contributed by atoms with Gasteiger partial charge in [0.25, 0.3) is 0 Å². The monoisotopic (exact) mass is 288 g/mol. The van der Waals surface area contributed by atoms with Gasteiger partial charge in [0.05, 0.1) is 5.52 Å². The number of aryl methyl sites for hydroxylation is 2. The molecule has 1 aromatic carbocycles. The van der Waals surface area contributed by atoms with Crippen molar-refractivity contribution in [2.75, 3.05) is 13.1 Å². The van der Waals surface area contributed by atoms with Crippen LogP contribution in [0.25, 0.3) is 10.9 Å². The Hall–Kier alpha value is -2.04. The summed E-state index contributed by atoms with van der Waals surface area (Å²) >= 11 is 0. The number of hydrogen-bond acceptors (Lipinski definition) is 1. The number of aromatic nitrogens is 1. The molecule has 0 spiro atoms. The molecule has 4 rings (SSSR count). The zero-order valence-electron chi connectivity index (χ0n) is 11.7. The molecule has 0 bridgehead atoms. The predicted molar refractivity (Wildman–Crippen MR) is 77.2 cm³/mol. The number of amides is 1. The third kappa shape index (κ3) is 1.83. The lowest BCUT2D eigenvalue weighted by Crippen LogP contribution is -2.31. The third-order valence-electron chi connectivity index (χ3n) is 4.77. The highest BCUT2D eigenvalue weighted by atomic mass is 19.1. The van der Waals surface area contributed by atoms with Crippen LogP contribution in [0.3, 0.4) is 0 Å². The first-order chi connectivity index (χ1) is 10.1. The fraction of sp³-hybridized carbons (Fsp3) is 0.438. The maximum Gasteiger partial charge on any atom is 0.407 e. The van der Waals surface area contributed by atoms with Crippen LogP contribution in [-0.2, 0) is 25.8 Å². The van der Waals surface area contributed by atoms with Gasteiger partial charge in [-0.2, -0.15) is 0 Å². The van der Waals surface area contributed by atoms with E-state index in [-0.39, 0.29) is 5.82 Å². The van der Waals surface area contributed by atoms with Gasteiger partial charge >= 0.3 is 6.09 Å². The number of nitrogens with zero attached hydrogens (tertiary/aromatic N) is 2. The molecular formula is C16H17FN2O2. The van der Waals surface area contributed by atoms with Crippen molar-refractivity contribution in [1.82, 2.24) is 9.47 Å². The maximum absolute atomic E-state index is 13.9. The van der Waals surface area contributed by atoms with Gasteiger partial charge in [-0.15, -0.1) is 0 Å². The molecule has 0 aliphatic carbocycles. The number of fused-ring (bicyclic) bond motifs is 3. The zero-order valence-corrected chi connectivity index (χ0v) is 11.7. The lowest BCUT2D eigenvalue weighted by atomic mass is 10.0. The Morgan fingerprint density at radius 3 is 2.76 bits per heavy atom. The average molecular weight is 288 g/mol. The van der Waals surface area contributed by atoms with Crippen molar-refractivity contribution >= 4 is 17.0 Å². The van der Waals surface area contributed by atoms with Crippen molar-refractivity contribution in [2.24, 2.45) is 0 Å². The molecule has 0 atom stereocenters. The number of hydrogen-bond donors (Lipinski definition) is 1. The van der Waals surface area contributed by atoms with Crippen LogP contribution in [0.5, 0.6) is 0 Å². The summed E-state index contributed by atoms with van der Waals surface area (Å²) in [4.78, 5) is 12.6. The molecule has 0 fully saturated rings. The predicted octanol–water partition coefficient (Wildman–Crippen LogP) is 2.81. The molecule has 0 saturated heterocycles. The third-order valence-corrected chi connectivity index (χ3v) is 4.77. The smallest absolute Gasteiger partial charge is 0.407 e. The van der Waals surface area contributed by atoms with Crippen LogP contribution in [0.15, 0.2) is 12.1 Å². The van der Waals surface area contributed by atoms with Crippen LogP contribution in [0, 0.1) is 5.82 Å². The number of carbonyl (C=O) groups is 1. The number of benzene rings is 1. The van der Waals surface area contributed by atoms with Gasteiger partial charge in [0, 0.05) is 37.1 Å². The lowest BCUT2D eigenvalue weighted by Gasteiger charge is -2.19. The van der Waals surface area contributed by atoms with E-state index in [9.17, 15) is 14.3 Å². The van der Waals surface area contributed by atoms with Gasteiger partial charge in [-0.3, -0.25) is 0 Å². The Morgan fingerprint density at radius 2 is 1.95 bits per heavy atom. The first-order valence-corrected chi connectivity index (χ1v) is 7.45. The van der Waals surface area contributed by atoms with Crippen molar-refractivity contribution in [3.63, 3.8) is 0 Å². The molecule has 0 unspecified atom stereocenters. The Labute approximate surface area is 121 Å². The molecule has 2 aromatic rings. The van der Waals surface area contributed by atoms with Crippen molar-refractivity contribution in [3.8, 4) is 0 Å². The lowest BCUT2D eigenvalue weighted by molar-refractivity contribution is 0.147. The molecule has 3 heterocycles. The topological polar surface area (TPSA) is 45.5 Å². The summed E-state index contributed by atoms with van der Waals surface area (Å²) < 4.78 is 16.2. The first kappa shape index (κ1) is 12.7. The molecule has 4 nitrogen and oxygen atoms in total. The molecule has 0 saturated carbocycles.